The molecule has 0 fully saturated rings. The minimum absolute atomic E-state index is 0. The Balaban J connectivity index is 0. The van der Waals surface area contributed by atoms with E-state index in [1.54, 1.807) is 0 Å². The second-order valence-corrected chi connectivity index (χ2v) is 9.59. The first-order valence-corrected chi connectivity index (χ1v) is 13.1. The Kier molecular flexibility index (Phi) is 24.1. The van der Waals surface area contributed by atoms with Crippen LogP contribution in [-0.2, 0) is 9.53 Å². The third-order valence-corrected chi connectivity index (χ3v) is 5.82. The zero-order valence-corrected chi connectivity index (χ0v) is 22.4. The second kappa shape index (κ2) is 22.2. The third kappa shape index (κ3) is 23.4. The Morgan fingerprint density at radius 1 is 0.968 bits per heavy atom. The van der Waals surface area contributed by atoms with E-state index in [2.05, 4.69) is 19.1 Å². The Labute approximate surface area is 210 Å². The minimum Gasteiger partial charge on any atom is -0.657 e. The van der Waals surface area contributed by atoms with Crippen molar-refractivity contribution in [2.75, 3.05) is 6.61 Å². The van der Waals surface area contributed by atoms with E-state index in [1.165, 1.54) is 44.9 Å². The van der Waals surface area contributed by atoms with Crippen LogP contribution in [0.25, 0.3) is 0 Å². The van der Waals surface area contributed by atoms with Crippen molar-refractivity contribution in [1.82, 2.24) is 0 Å². The van der Waals surface area contributed by atoms with Crippen LogP contribution < -0.4 is 39.3 Å². The van der Waals surface area contributed by atoms with E-state index >= 15 is 0 Å². The van der Waals surface area contributed by atoms with Crippen LogP contribution in [0.15, 0.2) is 12.2 Å². The summed E-state index contributed by atoms with van der Waals surface area (Å²) in [5.74, 6) is -3.06. The van der Waals surface area contributed by atoms with Gasteiger partial charge in [0.25, 0.3) is 0 Å². The molecule has 0 aromatic rings. The molecular weight excluding hydrogens is 433 g/mol. The van der Waals surface area contributed by atoms with Gasteiger partial charge in [0.1, 0.15) is 6.61 Å². The predicted molar refractivity (Wildman–Crippen MR) is 115 cm³/mol. The van der Waals surface area contributed by atoms with Gasteiger partial charge in [-0.25, -0.2) is 4.39 Å². The molecule has 2 N–H and O–H groups in total. The molecule has 0 amide bonds. The Bertz CT molecular complexity index is 448. The van der Waals surface area contributed by atoms with Gasteiger partial charge in [0.15, 0.2) is 0 Å². The maximum absolute atomic E-state index is 13.1. The molecule has 2 atom stereocenters. The molecule has 6 nitrogen and oxygen atoms in total. The van der Waals surface area contributed by atoms with Gasteiger partial charge in [0.2, 0.25) is 5.91 Å². The number of hydrogen-bond acceptors (Lipinski definition) is 6. The standard InChI is InChI=1S/C22H42FO6P.Na/c1-2-3-4-5-6-7-8-9-10-11-12-13-14-15-16-17-22(25)29-19-20(24)18-21(23)30(26,27)28;/h9-10,20-21,24H,2-8,11-19H2,1H3,(H2,26,27,28);/q;+1/p-1/b10-9-;/t20-,21?;/m0./s1. The fourth-order valence-electron chi connectivity index (χ4n) is 3.03. The van der Waals surface area contributed by atoms with Crippen LogP contribution in [0.5, 0.6) is 0 Å². The molecule has 1 unspecified atom stereocenters. The molecule has 0 aromatic carbocycles. The summed E-state index contributed by atoms with van der Waals surface area (Å²) in [6, 6.07) is 0. The largest absolute Gasteiger partial charge is 1.00 e. The topological polar surface area (TPSA) is 113 Å². The van der Waals surface area contributed by atoms with Crippen LogP contribution in [0, 0.1) is 0 Å². The number of ether oxygens (including phenoxy) is 1. The number of alkyl halides is 1. The maximum Gasteiger partial charge on any atom is 1.00 e. The molecule has 178 valence electrons. The summed E-state index contributed by atoms with van der Waals surface area (Å²) in [6.45, 7) is 1.75. The molecule has 0 aliphatic rings. The smallest absolute Gasteiger partial charge is 0.657 e. The molecule has 0 aromatic heterocycles. The normalized spacial score (nSPS) is 13.7. The Morgan fingerprint density at radius 2 is 1.45 bits per heavy atom. The van der Waals surface area contributed by atoms with E-state index in [9.17, 15) is 24.1 Å². The van der Waals surface area contributed by atoms with Gasteiger partial charge >= 0.3 is 35.5 Å². The van der Waals surface area contributed by atoms with Crippen molar-refractivity contribution in [3.63, 3.8) is 0 Å². The van der Waals surface area contributed by atoms with Gasteiger partial charge in [-0.2, -0.15) is 0 Å². The quantitative estimate of drug-likeness (QED) is 0.0898. The average Bonchev–Trinajstić information content (AvgIpc) is 2.68. The number of hydrogen-bond donors (Lipinski definition) is 2. The van der Waals surface area contributed by atoms with Gasteiger partial charge in [-0.3, -0.25) is 9.69 Å². The van der Waals surface area contributed by atoms with Gasteiger partial charge in [-0.1, -0.05) is 70.4 Å². The van der Waals surface area contributed by atoms with Gasteiger partial charge in [-0.15, -0.1) is 0 Å². The summed E-state index contributed by atoms with van der Waals surface area (Å²) in [4.78, 5) is 41.2. The van der Waals surface area contributed by atoms with Crippen LogP contribution in [0.2, 0.25) is 0 Å². The summed E-state index contributed by atoms with van der Waals surface area (Å²) < 4.78 is 17.9. The Hall–Kier alpha value is 0.410. The van der Waals surface area contributed by atoms with E-state index in [1.807, 2.05) is 0 Å². The monoisotopic (exact) mass is 474 g/mol. The zero-order chi connectivity index (χ0) is 22.7. The molecule has 9 heteroatoms. The summed E-state index contributed by atoms with van der Waals surface area (Å²) in [7, 11) is -5.13. The molecule has 31 heavy (non-hydrogen) atoms. The third-order valence-electron chi connectivity index (χ3n) is 4.90. The molecule has 0 aliphatic heterocycles. The van der Waals surface area contributed by atoms with Gasteiger partial charge in [-0.05, 0) is 32.1 Å². The molecule has 0 heterocycles. The summed E-state index contributed by atoms with van der Waals surface area (Å²) in [5, 5.41) is 9.44. The molecule has 0 radical (unpaired) electrons. The van der Waals surface area contributed by atoms with Crippen molar-refractivity contribution in [1.29, 1.82) is 0 Å². The fraction of sp³-hybridized carbons (Fsp3) is 0.864. The molecule has 0 bridgehead atoms. The van der Waals surface area contributed by atoms with E-state index < -0.39 is 39.0 Å². The fourth-order valence-corrected chi connectivity index (χ4v) is 3.54. The number of allylic oxidation sites excluding steroid dienone is 2. The van der Waals surface area contributed by atoms with E-state index in [0.717, 1.165) is 32.1 Å². The second-order valence-electron chi connectivity index (χ2n) is 7.91. The van der Waals surface area contributed by atoms with Crippen LogP contribution in [0.1, 0.15) is 103 Å². The SMILES string of the molecule is CCCCCCCC/C=C\CCCCCCCC(=O)OC[C@@H](O)CC(F)[P+]([O-])([O-])O.[Na+]. The number of esters is 1. The first kappa shape index (κ1) is 33.6. The van der Waals surface area contributed by atoms with Crippen molar-refractivity contribution in [3.8, 4) is 0 Å². The summed E-state index contributed by atoms with van der Waals surface area (Å²) in [5.41, 5.74) is 0. The maximum atomic E-state index is 13.1. The molecule has 0 saturated carbocycles. The number of rotatable bonds is 20. The summed E-state index contributed by atoms with van der Waals surface area (Å²) in [6.07, 6.45) is 17.6. The van der Waals surface area contributed by atoms with E-state index in [-0.39, 0.29) is 36.0 Å². The van der Waals surface area contributed by atoms with Crippen LogP contribution in [0.4, 0.5) is 4.39 Å². The van der Waals surface area contributed by atoms with Gasteiger partial charge in [0, 0.05) is 12.8 Å². The number of unbranched alkanes of at least 4 members (excludes halogenated alkanes) is 11. The van der Waals surface area contributed by atoms with Crippen molar-refractivity contribution in [3.05, 3.63) is 12.2 Å². The molecule has 0 rings (SSSR count). The van der Waals surface area contributed by atoms with Crippen LogP contribution in [-0.4, -0.2) is 34.6 Å². The molecular formula is C22H41FNaO6P. The molecule has 0 saturated heterocycles. The first-order valence-electron chi connectivity index (χ1n) is 11.4. The molecule has 0 spiro atoms. The van der Waals surface area contributed by atoms with Crippen LogP contribution >= 0.6 is 7.94 Å². The van der Waals surface area contributed by atoms with Crippen molar-refractivity contribution in [2.45, 2.75) is 115 Å². The number of aliphatic hydroxyl groups is 1. The van der Waals surface area contributed by atoms with Crippen molar-refractivity contribution < 1.29 is 63.3 Å². The van der Waals surface area contributed by atoms with Gasteiger partial charge < -0.3 is 19.6 Å². The number of aliphatic hydroxyl groups excluding tert-OH is 1. The number of carbonyl (C=O) groups excluding carboxylic acids is 1. The summed E-state index contributed by atoms with van der Waals surface area (Å²) >= 11 is 0. The number of halogens is 1. The van der Waals surface area contributed by atoms with Crippen molar-refractivity contribution in [2.24, 2.45) is 0 Å². The zero-order valence-electron chi connectivity index (χ0n) is 19.5. The Morgan fingerprint density at radius 3 is 1.97 bits per heavy atom. The van der Waals surface area contributed by atoms with Crippen molar-refractivity contribution >= 4 is 13.9 Å². The van der Waals surface area contributed by atoms with E-state index in [0.29, 0.717) is 6.42 Å². The molecule has 0 aliphatic carbocycles. The van der Waals surface area contributed by atoms with Crippen LogP contribution in [0.3, 0.4) is 0 Å². The number of carbonyl (C=O) groups is 1. The first-order chi connectivity index (χ1) is 14.3. The van der Waals surface area contributed by atoms with E-state index in [4.69, 9.17) is 9.63 Å². The van der Waals surface area contributed by atoms with Gasteiger partial charge in [0.05, 0.1) is 14.0 Å². The minimum atomic E-state index is -5.13. The average molecular weight is 475 g/mol. The predicted octanol–water partition coefficient (Wildman–Crippen LogP) is 1.09.